The summed E-state index contributed by atoms with van der Waals surface area (Å²) in [6, 6.07) is 9.77. The van der Waals surface area contributed by atoms with Crippen LogP contribution in [0.2, 0.25) is 0 Å². The van der Waals surface area contributed by atoms with Gasteiger partial charge in [-0.15, -0.1) is 4.85 Å². The number of hydrogen-bond donors (Lipinski definition) is 1. The maximum absolute atomic E-state index is 10.9. The molecule has 2 heterocycles. The molecule has 0 bridgehead atoms. The molecule has 3 aromatic rings. The molecule has 6 heteroatoms. The predicted octanol–water partition coefficient (Wildman–Crippen LogP) is 0.590. The van der Waals surface area contributed by atoms with Crippen molar-refractivity contribution in [3.63, 3.8) is 0 Å². The van der Waals surface area contributed by atoms with Gasteiger partial charge >= 0.3 is 11.2 Å². The Balaban J connectivity index is 2.05. The van der Waals surface area contributed by atoms with Crippen molar-refractivity contribution in [3.8, 4) is 0 Å². The average molecular weight is 231 g/mol. The molecule has 1 N–H and O–H groups in total. The highest BCUT2D eigenvalue weighted by Crippen LogP contribution is 2.14. The summed E-state index contributed by atoms with van der Waals surface area (Å²) >= 11 is 0. The number of nitrogens with one attached hydrogen (secondary N) is 1. The number of benzene rings is 1. The minimum Gasteiger partial charge on any atom is -0.324 e. The highest BCUT2D eigenvalue weighted by molar-refractivity contribution is 5.79. The molecule has 3 rings (SSSR count). The van der Waals surface area contributed by atoms with Gasteiger partial charge in [0.25, 0.3) is 0 Å². The van der Waals surface area contributed by atoms with Crippen LogP contribution in [0, 0.1) is 0 Å². The molecule has 0 radical (unpaired) electrons. The molecule has 86 valence electrons. The number of aromatic nitrogens is 3. The van der Waals surface area contributed by atoms with Crippen LogP contribution in [-0.4, -0.2) is 14.5 Å². The predicted molar refractivity (Wildman–Crippen MR) is 60.9 cm³/mol. The van der Waals surface area contributed by atoms with E-state index in [2.05, 4.69) is 5.10 Å². The van der Waals surface area contributed by atoms with Crippen molar-refractivity contribution in [1.29, 1.82) is 0 Å². The van der Waals surface area contributed by atoms with Crippen LogP contribution in [-0.2, 0) is 6.67 Å². The molecule has 0 spiro atoms. The third kappa shape index (κ3) is 1.59. The van der Waals surface area contributed by atoms with Crippen molar-refractivity contribution >= 4 is 10.9 Å². The smallest absolute Gasteiger partial charge is 0.324 e. The first-order valence-corrected chi connectivity index (χ1v) is 5.08. The molecule has 17 heavy (non-hydrogen) atoms. The molecule has 2 aromatic heterocycles. The summed E-state index contributed by atoms with van der Waals surface area (Å²) in [5.74, 6) is 0. The van der Waals surface area contributed by atoms with E-state index < -0.39 is 11.2 Å². The highest BCUT2D eigenvalue weighted by Gasteiger charge is 2.04. The van der Waals surface area contributed by atoms with Crippen molar-refractivity contribution in [2.24, 2.45) is 0 Å². The van der Waals surface area contributed by atoms with E-state index in [1.54, 1.807) is 0 Å². The SMILES string of the molecule is O=c1[nH]n(Cn2ccc3ccccc32)oc1=O. The second-order valence-corrected chi connectivity index (χ2v) is 3.68. The zero-order chi connectivity index (χ0) is 11.8. The van der Waals surface area contributed by atoms with E-state index in [1.807, 2.05) is 41.1 Å². The Labute approximate surface area is 94.6 Å². The van der Waals surface area contributed by atoms with Gasteiger partial charge in [0.15, 0.2) is 0 Å². The van der Waals surface area contributed by atoms with Gasteiger partial charge < -0.3 is 9.09 Å². The Kier molecular flexibility index (Phi) is 2.01. The summed E-state index contributed by atoms with van der Waals surface area (Å²) in [4.78, 5) is 22.9. The molecule has 0 fully saturated rings. The molecule has 0 aliphatic heterocycles. The summed E-state index contributed by atoms with van der Waals surface area (Å²) in [7, 11) is 0. The molecular formula is C11H9N3O3. The number of fused-ring (bicyclic) bond motifs is 1. The van der Waals surface area contributed by atoms with Gasteiger partial charge in [-0.05, 0) is 17.5 Å². The maximum atomic E-state index is 10.9. The fourth-order valence-electron chi connectivity index (χ4n) is 1.79. The molecule has 0 amide bonds. The molecule has 6 nitrogen and oxygen atoms in total. The van der Waals surface area contributed by atoms with Gasteiger partial charge in [-0.25, -0.2) is 9.89 Å². The number of H-pyrrole nitrogens is 1. The number of rotatable bonds is 2. The van der Waals surface area contributed by atoms with Crippen LogP contribution in [0.4, 0.5) is 0 Å². The lowest BCUT2D eigenvalue weighted by molar-refractivity contribution is 0.208. The van der Waals surface area contributed by atoms with Gasteiger partial charge in [-0.1, -0.05) is 18.2 Å². The van der Waals surface area contributed by atoms with Crippen LogP contribution < -0.4 is 11.2 Å². The third-order valence-electron chi connectivity index (χ3n) is 2.57. The number of aromatic amines is 1. The van der Waals surface area contributed by atoms with E-state index in [0.29, 0.717) is 0 Å². The van der Waals surface area contributed by atoms with E-state index in [1.165, 1.54) is 0 Å². The summed E-state index contributed by atoms with van der Waals surface area (Å²) in [6.07, 6.45) is 1.86. The van der Waals surface area contributed by atoms with Crippen molar-refractivity contribution in [1.82, 2.24) is 14.5 Å². The van der Waals surface area contributed by atoms with Gasteiger partial charge in [0.05, 0.1) is 0 Å². The molecule has 0 saturated carbocycles. The minimum atomic E-state index is -0.888. The topological polar surface area (TPSA) is 72.9 Å². The molecule has 0 aliphatic carbocycles. The van der Waals surface area contributed by atoms with Crippen LogP contribution >= 0.6 is 0 Å². The second kappa shape index (κ2) is 3.51. The van der Waals surface area contributed by atoms with Gasteiger partial charge in [0, 0.05) is 11.7 Å². The van der Waals surface area contributed by atoms with Gasteiger partial charge in [0.1, 0.15) is 6.67 Å². The molecule has 0 saturated heterocycles. The summed E-state index contributed by atoms with van der Waals surface area (Å²) in [6.45, 7) is 0.255. The van der Waals surface area contributed by atoms with Gasteiger partial charge in [0.2, 0.25) is 0 Å². The van der Waals surface area contributed by atoms with E-state index in [0.717, 1.165) is 15.8 Å². The largest absolute Gasteiger partial charge is 0.424 e. The van der Waals surface area contributed by atoms with Crippen molar-refractivity contribution < 1.29 is 4.52 Å². The molecular weight excluding hydrogens is 222 g/mol. The van der Waals surface area contributed by atoms with Crippen molar-refractivity contribution in [2.75, 3.05) is 0 Å². The lowest BCUT2D eigenvalue weighted by Crippen LogP contribution is -2.18. The lowest BCUT2D eigenvalue weighted by atomic mass is 10.2. The van der Waals surface area contributed by atoms with Crippen molar-refractivity contribution in [3.05, 3.63) is 57.3 Å². The number of para-hydroxylation sites is 1. The minimum absolute atomic E-state index is 0.255. The van der Waals surface area contributed by atoms with E-state index in [-0.39, 0.29) is 6.67 Å². The first-order chi connectivity index (χ1) is 8.24. The number of nitrogens with zero attached hydrogens (tertiary/aromatic N) is 2. The molecule has 1 aromatic carbocycles. The van der Waals surface area contributed by atoms with E-state index in [9.17, 15) is 9.59 Å². The molecule has 0 aliphatic rings. The van der Waals surface area contributed by atoms with Crippen LogP contribution in [0.15, 0.2) is 50.6 Å². The van der Waals surface area contributed by atoms with Crippen LogP contribution in [0.3, 0.4) is 0 Å². The van der Waals surface area contributed by atoms with Gasteiger partial charge in [-0.2, -0.15) is 0 Å². The molecule has 0 atom stereocenters. The third-order valence-corrected chi connectivity index (χ3v) is 2.57. The zero-order valence-corrected chi connectivity index (χ0v) is 8.79. The fraction of sp³-hybridized carbons (Fsp3) is 0.0909. The van der Waals surface area contributed by atoms with Crippen molar-refractivity contribution in [2.45, 2.75) is 6.67 Å². The Morgan fingerprint density at radius 1 is 1.18 bits per heavy atom. The first kappa shape index (κ1) is 9.71. The summed E-state index contributed by atoms with van der Waals surface area (Å²) in [5.41, 5.74) is -0.632. The Hall–Kier alpha value is -2.50. The zero-order valence-electron chi connectivity index (χ0n) is 8.79. The standard InChI is InChI=1S/C11H9N3O3/c15-10-11(16)17-14(12-10)7-13-6-5-8-3-1-2-4-9(8)13/h1-6H,7H2,(H,12,15). The van der Waals surface area contributed by atoms with E-state index in [4.69, 9.17) is 4.52 Å². The second-order valence-electron chi connectivity index (χ2n) is 3.68. The Bertz CT molecular complexity index is 747. The fourth-order valence-corrected chi connectivity index (χ4v) is 1.79. The summed E-state index contributed by atoms with van der Waals surface area (Å²) in [5, 5.41) is 3.40. The van der Waals surface area contributed by atoms with Gasteiger partial charge in [-0.3, -0.25) is 4.79 Å². The lowest BCUT2D eigenvalue weighted by Gasteiger charge is -2.03. The van der Waals surface area contributed by atoms with Crippen LogP contribution in [0.5, 0.6) is 0 Å². The molecule has 0 unspecified atom stereocenters. The quantitative estimate of drug-likeness (QED) is 0.656. The summed E-state index contributed by atoms with van der Waals surface area (Å²) < 4.78 is 6.58. The normalized spacial score (nSPS) is 11.1. The first-order valence-electron chi connectivity index (χ1n) is 5.08. The highest BCUT2D eigenvalue weighted by atomic mass is 16.5. The maximum Gasteiger partial charge on any atom is 0.424 e. The van der Waals surface area contributed by atoms with E-state index >= 15 is 0 Å². The van der Waals surface area contributed by atoms with Crippen LogP contribution in [0.1, 0.15) is 0 Å². The Morgan fingerprint density at radius 3 is 2.76 bits per heavy atom. The monoisotopic (exact) mass is 231 g/mol. The average Bonchev–Trinajstić information content (AvgIpc) is 2.85. The number of hydrogen-bond acceptors (Lipinski definition) is 3. The Morgan fingerprint density at radius 2 is 2.00 bits per heavy atom. The van der Waals surface area contributed by atoms with Crippen LogP contribution in [0.25, 0.3) is 10.9 Å².